The zero-order valence-electron chi connectivity index (χ0n) is 17.0. The molecule has 1 N–H and O–H groups in total. The lowest BCUT2D eigenvalue weighted by molar-refractivity contribution is -0.138. The van der Waals surface area contributed by atoms with Crippen LogP contribution in [0.25, 0.3) is 0 Å². The minimum atomic E-state index is -0.644. The topological polar surface area (TPSA) is 63.6 Å². The van der Waals surface area contributed by atoms with Gasteiger partial charge in [-0.15, -0.1) is 0 Å². The highest BCUT2D eigenvalue weighted by atomic mass is 16.5. The van der Waals surface area contributed by atoms with Gasteiger partial charge in [-0.3, -0.25) is 9.59 Å². The van der Waals surface area contributed by atoms with E-state index in [1.165, 1.54) is 43.2 Å². The molecule has 4 heteroatoms. The van der Waals surface area contributed by atoms with Crippen molar-refractivity contribution < 1.29 is 19.4 Å². The second-order valence-electron chi connectivity index (χ2n) is 9.21. The van der Waals surface area contributed by atoms with Crippen LogP contribution < -0.4 is 0 Å². The van der Waals surface area contributed by atoms with Crippen LogP contribution in [0.3, 0.4) is 0 Å². The molecule has 0 heterocycles. The normalized spacial score (nSPS) is 18.4. The second kappa shape index (κ2) is 9.58. The quantitative estimate of drug-likeness (QED) is 0.327. The van der Waals surface area contributed by atoms with E-state index in [1.54, 1.807) is 0 Å². The summed E-state index contributed by atoms with van der Waals surface area (Å²) in [6.45, 7) is 1.17. The van der Waals surface area contributed by atoms with Gasteiger partial charge < -0.3 is 9.84 Å². The predicted octanol–water partition coefficient (Wildman–Crippen LogP) is 5.32. The van der Waals surface area contributed by atoms with E-state index in [1.807, 2.05) is 0 Å². The second-order valence-corrected chi connectivity index (χ2v) is 9.21. The summed E-state index contributed by atoms with van der Waals surface area (Å²) in [6.07, 6.45) is 14.0. The number of carbonyl (C=O) groups excluding carboxylic acids is 1. The molecule has 0 bridgehead atoms. The Morgan fingerprint density at radius 3 is 1.82 bits per heavy atom. The third-order valence-electron chi connectivity index (χ3n) is 6.77. The Labute approximate surface area is 168 Å². The molecule has 2 saturated carbocycles. The van der Waals surface area contributed by atoms with Crippen molar-refractivity contribution in [1.82, 2.24) is 0 Å². The van der Waals surface area contributed by atoms with E-state index < -0.39 is 5.97 Å². The molecule has 0 saturated heterocycles. The summed E-state index contributed by atoms with van der Waals surface area (Å²) in [6, 6.07) is 9.01. The molecule has 0 spiro atoms. The molecule has 2 fully saturated rings. The Balaban J connectivity index is 1.27. The molecule has 0 aromatic heterocycles. The van der Waals surface area contributed by atoms with Crippen LogP contribution in [0.4, 0.5) is 0 Å². The molecule has 1 aromatic rings. The van der Waals surface area contributed by atoms with Gasteiger partial charge in [-0.1, -0.05) is 37.1 Å². The van der Waals surface area contributed by atoms with Crippen LogP contribution in [0.15, 0.2) is 24.3 Å². The number of hydrogen-bond acceptors (Lipinski definition) is 3. The van der Waals surface area contributed by atoms with E-state index >= 15 is 0 Å². The van der Waals surface area contributed by atoms with Crippen LogP contribution in [-0.4, -0.2) is 24.2 Å². The molecule has 0 radical (unpaired) electrons. The third kappa shape index (κ3) is 6.65. The average molecular weight is 387 g/mol. The fraction of sp³-hybridized carbons (Fsp3) is 0.667. The number of rotatable bonds is 15. The van der Waals surface area contributed by atoms with E-state index in [9.17, 15) is 9.59 Å². The molecule has 0 atom stereocenters. The fourth-order valence-electron chi connectivity index (χ4n) is 4.40. The van der Waals surface area contributed by atoms with E-state index in [0.29, 0.717) is 24.9 Å². The van der Waals surface area contributed by atoms with Crippen LogP contribution >= 0.6 is 0 Å². The van der Waals surface area contributed by atoms with Crippen molar-refractivity contribution in [3.8, 4) is 0 Å². The van der Waals surface area contributed by atoms with Gasteiger partial charge in [0.1, 0.15) is 0 Å². The number of carboxylic acid groups (broad SMARTS) is 1. The van der Waals surface area contributed by atoms with Crippen LogP contribution in [0, 0.1) is 10.8 Å². The third-order valence-corrected chi connectivity index (χ3v) is 6.77. The number of aryl methyl sites for hydroxylation is 2. The number of benzene rings is 1. The zero-order valence-corrected chi connectivity index (χ0v) is 17.0. The molecule has 28 heavy (non-hydrogen) atoms. The summed E-state index contributed by atoms with van der Waals surface area (Å²) in [5.41, 5.74) is 3.22. The maximum absolute atomic E-state index is 10.9. The Kier molecular flexibility index (Phi) is 7.14. The SMILES string of the molecule is O=COCC1(CCCCc2ccc(CCCCC3(CC(=O)O)CC3)cc2)CC1. The van der Waals surface area contributed by atoms with Gasteiger partial charge in [-0.25, -0.2) is 0 Å². The number of carboxylic acids is 1. The molecule has 0 aliphatic heterocycles. The largest absolute Gasteiger partial charge is 0.481 e. The first-order valence-corrected chi connectivity index (χ1v) is 10.9. The first kappa shape index (κ1) is 20.9. The molecule has 0 amide bonds. The van der Waals surface area contributed by atoms with Crippen LogP contribution in [0.1, 0.15) is 81.8 Å². The van der Waals surface area contributed by atoms with Gasteiger partial charge >= 0.3 is 5.97 Å². The Hall–Kier alpha value is -1.84. The standard InChI is InChI=1S/C24H34O4/c25-19-28-18-24(15-16-24)12-4-2-6-21-9-7-20(8-10-21)5-1-3-11-23(13-14-23)17-22(26)27/h7-10,19H,1-6,11-18H2,(H,26,27). The van der Waals surface area contributed by atoms with Crippen LogP contribution in [0.5, 0.6) is 0 Å². The Morgan fingerprint density at radius 2 is 1.39 bits per heavy atom. The van der Waals surface area contributed by atoms with E-state index in [2.05, 4.69) is 24.3 Å². The lowest BCUT2D eigenvalue weighted by atomic mass is 9.93. The van der Waals surface area contributed by atoms with Crippen molar-refractivity contribution in [3.05, 3.63) is 35.4 Å². The summed E-state index contributed by atoms with van der Waals surface area (Å²) in [7, 11) is 0. The van der Waals surface area contributed by atoms with Crippen molar-refractivity contribution in [2.24, 2.45) is 10.8 Å². The molecular weight excluding hydrogens is 352 g/mol. The molecule has 3 rings (SSSR count). The van der Waals surface area contributed by atoms with Gasteiger partial charge in [0.2, 0.25) is 0 Å². The highest BCUT2D eigenvalue weighted by Gasteiger charge is 2.43. The summed E-state index contributed by atoms with van der Waals surface area (Å²) < 4.78 is 4.96. The van der Waals surface area contributed by atoms with Crippen molar-refractivity contribution in [1.29, 1.82) is 0 Å². The van der Waals surface area contributed by atoms with E-state index in [0.717, 1.165) is 44.9 Å². The predicted molar refractivity (Wildman–Crippen MR) is 109 cm³/mol. The van der Waals surface area contributed by atoms with Crippen molar-refractivity contribution in [3.63, 3.8) is 0 Å². The van der Waals surface area contributed by atoms with Crippen LogP contribution in [-0.2, 0) is 27.2 Å². The number of unbranched alkanes of at least 4 members (excludes halogenated alkanes) is 2. The molecule has 4 nitrogen and oxygen atoms in total. The van der Waals surface area contributed by atoms with Gasteiger partial charge in [0.05, 0.1) is 13.0 Å². The summed E-state index contributed by atoms with van der Waals surface area (Å²) in [5.74, 6) is -0.644. The molecule has 154 valence electrons. The van der Waals surface area contributed by atoms with Gasteiger partial charge in [-0.05, 0) is 80.8 Å². The number of carbonyl (C=O) groups is 2. The smallest absolute Gasteiger partial charge is 0.303 e. The zero-order chi connectivity index (χ0) is 19.9. The van der Waals surface area contributed by atoms with Gasteiger partial charge in [0.15, 0.2) is 0 Å². The monoisotopic (exact) mass is 386 g/mol. The average Bonchev–Trinajstić information content (AvgIpc) is 3.60. The van der Waals surface area contributed by atoms with E-state index in [-0.39, 0.29) is 5.41 Å². The summed E-state index contributed by atoms with van der Waals surface area (Å²) in [4.78, 5) is 21.3. The Bertz CT molecular complexity index is 641. The molecule has 0 unspecified atom stereocenters. The highest BCUT2D eigenvalue weighted by molar-refractivity contribution is 5.68. The molecule has 1 aromatic carbocycles. The van der Waals surface area contributed by atoms with Gasteiger partial charge in [0.25, 0.3) is 6.47 Å². The first-order chi connectivity index (χ1) is 13.5. The first-order valence-electron chi connectivity index (χ1n) is 10.9. The molecule has 2 aliphatic rings. The molecule has 2 aliphatic carbocycles. The lowest BCUT2D eigenvalue weighted by Crippen LogP contribution is -2.09. The number of aliphatic carboxylic acids is 1. The lowest BCUT2D eigenvalue weighted by Gasteiger charge is -2.13. The number of ether oxygens (including phenoxy) is 1. The van der Waals surface area contributed by atoms with Crippen molar-refractivity contribution >= 4 is 12.4 Å². The maximum Gasteiger partial charge on any atom is 0.303 e. The maximum atomic E-state index is 10.9. The van der Waals surface area contributed by atoms with Crippen molar-refractivity contribution in [2.45, 2.75) is 83.5 Å². The van der Waals surface area contributed by atoms with E-state index in [4.69, 9.17) is 9.84 Å². The van der Waals surface area contributed by atoms with Gasteiger partial charge in [0, 0.05) is 5.41 Å². The van der Waals surface area contributed by atoms with Crippen LogP contribution in [0.2, 0.25) is 0 Å². The fourth-order valence-corrected chi connectivity index (χ4v) is 4.40. The number of hydrogen-bond donors (Lipinski definition) is 1. The summed E-state index contributed by atoms with van der Waals surface area (Å²) >= 11 is 0. The Morgan fingerprint density at radius 1 is 0.893 bits per heavy atom. The van der Waals surface area contributed by atoms with Gasteiger partial charge in [-0.2, -0.15) is 0 Å². The highest BCUT2D eigenvalue weighted by Crippen LogP contribution is 2.52. The summed E-state index contributed by atoms with van der Waals surface area (Å²) in [5, 5.41) is 8.99. The minimum absolute atomic E-state index is 0.133. The minimum Gasteiger partial charge on any atom is -0.481 e. The van der Waals surface area contributed by atoms with Crippen molar-refractivity contribution in [2.75, 3.05) is 6.61 Å². The molecular formula is C24H34O4.